The number of hydrogen-bond donors (Lipinski definition) is 0. The third kappa shape index (κ3) is 5.53. The topological polar surface area (TPSA) is 17.1 Å². The third-order valence-electron chi connectivity index (χ3n) is 1.79. The van der Waals surface area contributed by atoms with Crippen LogP contribution in [0, 0.1) is 63.2 Å². The molecule has 0 unspecified atom stereocenters. The van der Waals surface area contributed by atoms with Crippen molar-refractivity contribution in [2.75, 3.05) is 0 Å². The normalized spacial score (nSPS) is 21.3. The molecule has 0 bridgehead atoms. The van der Waals surface area contributed by atoms with E-state index < -0.39 is 0 Å². The van der Waals surface area contributed by atoms with E-state index in [0.717, 1.165) is 12.2 Å². The molecule has 0 aromatic rings. The Morgan fingerprint density at radius 2 is 1.33 bits per heavy atom. The molecule has 2 rings (SSSR count). The summed E-state index contributed by atoms with van der Waals surface area (Å²) in [4.78, 5) is 10.2. The van der Waals surface area contributed by atoms with Crippen molar-refractivity contribution >= 4 is 6.29 Å². The van der Waals surface area contributed by atoms with Crippen molar-refractivity contribution in [3.05, 3.63) is 75.9 Å². The fourth-order valence-electron chi connectivity index (χ4n) is 1.06. The SMILES string of the molecule is C=C[C]1[CH][CH][CH][C]1C=O.[CH]1[CH][CH][CH][CH]1.[Fe+2]. The van der Waals surface area contributed by atoms with E-state index in [9.17, 15) is 4.79 Å². The first-order valence-corrected chi connectivity index (χ1v) is 4.38. The molecule has 15 heavy (non-hydrogen) atoms. The fourth-order valence-corrected chi connectivity index (χ4v) is 1.06. The van der Waals surface area contributed by atoms with Crippen LogP contribution in [0.25, 0.3) is 0 Å². The average molecular weight is 240 g/mol. The van der Waals surface area contributed by atoms with Gasteiger partial charge in [0.05, 0.1) is 5.92 Å². The van der Waals surface area contributed by atoms with E-state index in [1.54, 1.807) is 12.5 Å². The van der Waals surface area contributed by atoms with Crippen molar-refractivity contribution in [1.29, 1.82) is 0 Å². The van der Waals surface area contributed by atoms with Crippen molar-refractivity contribution in [3.8, 4) is 0 Å². The van der Waals surface area contributed by atoms with E-state index in [1.807, 2.05) is 44.9 Å². The number of carbonyl (C=O) groups is 1. The molecule has 0 aromatic heterocycles. The molecule has 0 aromatic carbocycles. The summed E-state index contributed by atoms with van der Waals surface area (Å²) < 4.78 is 0. The van der Waals surface area contributed by atoms with Crippen LogP contribution in [0.5, 0.6) is 0 Å². The molecule has 0 saturated heterocycles. The van der Waals surface area contributed by atoms with Crippen LogP contribution < -0.4 is 0 Å². The Bertz CT molecular complexity index is 154. The smallest absolute Gasteiger partial charge is 0.303 e. The largest absolute Gasteiger partial charge is 2.00 e. The van der Waals surface area contributed by atoms with Crippen LogP contribution in [0.1, 0.15) is 0 Å². The van der Waals surface area contributed by atoms with Crippen molar-refractivity contribution < 1.29 is 21.9 Å². The maximum Gasteiger partial charge on any atom is 2.00 e. The summed E-state index contributed by atoms with van der Waals surface area (Å²) in [6.07, 6.45) is 18.0. The second kappa shape index (κ2) is 9.18. The zero-order valence-electron chi connectivity index (χ0n) is 8.24. The minimum absolute atomic E-state index is 0. The number of allylic oxidation sites excluding steroid dienone is 1. The number of hydrogen-bond acceptors (Lipinski definition) is 1. The molecule has 2 saturated carbocycles. The molecule has 76 valence electrons. The van der Waals surface area contributed by atoms with E-state index >= 15 is 0 Å². The first kappa shape index (κ1) is 14.9. The Balaban J connectivity index is 0.000000280. The molecule has 0 N–H and O–H groups in total. The van der Waals surface area contributed by atoms with Crippen LogP contribution in [0.4, 0.5) is 0 Å². The first-order chi connectivity index (χ1) is 6.88. The maximum atomic E-state index is 10.2. The van der Waals surface area contributed by atoms with Crippen LogP contribution in [0.3, 0.4) is 0 Å². The van der Waals surface area contributed by atoms with Crippen molar-refractivity contribution in [3.63, 3.8) is 0 Å². The summed E-state index contributed by atoms with van der Waals surface area (Å²) in [6, 6.07) is 0. The van der Waals surface area contributed by atoms with Gasteiger partial charge in [0, 0.05) is 5.92 Å². The molecule has 0 spiro atoms. The molecule has 2 heteroatoms. The fraction of sp³-hybridized carbons (Fsp3) is 0. The molecule has 2 fully saturated rings. The minimum Gasteiger partial charge on any atom is -0.303 e. The van der Waals surface area contributed by atoms with Crippen molar-refractivity contribution in [2.24, 2.45) is 0 Å². The Morgan fingerprint density at radius 3 is 1.67 bits per heavy atom. The minimum atomic E-state index is 0. The van der Waals surface area contributed by atoms with Gasteiger partial charge in [-0.3, -0.25) is 0 Å². The molecular formula is C13H12FeO+2. The maximum absolute atomic E-state index is 10.2. The summed E-state index contributed by atoms with van der Waals surface area (Å²) in [7, 11) is 0. The van der Waals surface area contributed by atoms with Crippen LogP contribution in [-0.4, -0.2) is 6.29 Å². The van der Waals surface area contributed by atoms with Gasteiger partial charge in [0.2, 0.25) is 0 Å². The molecule has 0 atom stereocenters. The van der Waals surface area contributed by atoms with Gasteiger partial charge in [-0.15, -0.1) is 6.58 Å². The quantitative estimate of drug-likeness (QED) is 0.534. The predicted molar refractivity (Wildman–Crippen MR) is 57.1 cm³/mol. The van der Waals surface area contributed by atoms with Crippen LogP contribution in [-0.2, 0) is 21.9 Å². The molecule has 0 aliphatic heterocycles. The molecule has 2 aliphatic rings. The predicted octanol–water partition coefficient (Wildman–Crippen LogP) is 2.17. The Kier molecular flexibility index (Phi) is 9.13. The standard InChI is InChI=1S/C8H7O.C5H5.Fe/c1-2-7-4-3-5-8(7)6-9;1-2-4-5-3-1;/h2-6H,1H2;1-5H;/q;;+2. The molecule has 0 heterocycles. The zero-order valence-corrected chi connectivity index (χ0v) is 9.35. The van der Waals surface area contributed by atoms with Crippen LogP contribution in [0.2, 0.25) is 0 Å². The Hall–Kier alpha value is -0.0705. The van der Waals surface area contributed by atoms with E-state index in [4.69, 9.17) is 0 Å². The summed E-state index contributed by atoms with van der Waals surface area (Å²) in [6.45, 7) is 3.55. The van der Waals surface area contributed by atoms with Gasteiger partial charge >= 0.3 is 17.1 Å². The van der Waals surface area contributed by atoms with Crippen LogP contribution >= 0.6 is 0 Å². The van der Waals surface area contributed by atoms with Crippen molar-refractivity contribution in [2.45, 2.75) is 0 Å². The van der Waals surface area contributed by atoms with E-state index in [-0.39, 0.29) is 17.1 Å². The van der Waals surface area contributed by atoms with E-state index in [1.165, 1.54) is 0 Å². The van der Waals surface area contributed by atoms with Gasteiger partial charge in [-0.05, 0) is 51.4 Å². The molecule has 0 amide bonds. The van der Waals surface area contributed by atoms with Gasteiger partial charge in [0.1, 0.15) is 6.29 Å². The summed E-state index contributed by atoms with van der Waals surface area (Å²) in [5, 5.41) is 0. The van der Waals surface area contributed by atoms with Crippen molar-refractivity contribution in [1.82, 2.24) is 0 Å². The Morgan fingerprint density at radius 1 is 0.867 bits per heavy atom. The van der Waals surface area contributed by atoms with E-state index in [0.29, 0.717) is 5.92 Å². The summed E-state index contributed by atoms with van der Waals surface area (Å²) in [5.74, 6) is 1.62. The number of rotatable bonds is 2. The number of aldehydes is 1. The van der Waals surface area contributed by atoms with Crippen LogP contribution in [0.15, 0.2) is 12.7 Å². The first-order valence-electron chi connectivity index (χ1n) is 4.38. The monoisotopic (exact) mass is 240 g/mol. The Labute approximate surface area is 104 Å². The number of carbonyl (C=O) groups excluding carboxylic acids is 1. The summed E-state index contributed by atoms with van der Waals surface area (Å²) in [5.41, 5.74) is 0. The van der Waals surface area contributed by atoms with Gasteiger partial charge in [0.15, 0.2) is 0 Å². The molecule has 10 radical (unpaired) electrons. The second-order valence-electron chi connectivity index (χ2n) is 2.72. The average Bonchev–Trinajstić information content (AvgIpc) is 2.91. The molecular weight excluding hydrogens is 228 g/mol. The van der Waals surface area contributed by atoms with Gasteiger partial charge < -0.3 is 4.79 Å². The van der Waals surface area contributed by atoms with Gasteiger partial charge in [-0.25, -0.2) is 0 Å². The molecule has 1 nitrogen and oxygen atoms in total. The third-order valence-corrected chi connectivity index (χ3v) is 1.79. The van der Waals surface area contributed by atoms with E-state index in [2.05, 4.69) is 6.58 Å². The second-order valence-corrected chi connectivity index (χ2v) is 2.72. The van der Waals surface area contributed by atoms with Gasteiger partial charge in [0.25, 0.3) is 0 Å². The molecule has 2 aliphatic carbocycles. The summed E-state index contributed by atoms with van der Waals surface area (Å²) >= 11 is 0. The zero-order chi connectivity index (χ0) is 10.2. The van der Waals surface area contributed by atoms with Gasteiger partial charge in [-0.1, -0.05) is 6.08 Å². The van der Waals surface area contributed by atoms with Gasteiger partial charge in [-0.2, -0.15) is 0 Å².